The van der Waals surface area contributed by atoms with Crippen LogP contribution in [0.1, 0.15) is 10.6 Å². The Morgan fingerprint density at radius 1 is 1.43 bits per heavy atom. The molecule has 2 nitrogen and oxygen atoms in total. The minimum Gasteiger partial charge on any atom is -0.464 e. The van der Waals surface area contributed by atoms with Crippen molar-refractivity contribution in [3.05, 3.63) is 46.5 Å². The van der Waals surface area contributed by atoms with Crippen LogP contribution < -0.4 is 0 Å². The normalized spacial score (nSPS) is 11.2. The second-order valence-corrected chi connectivity index (χ2v) is 3.64. The Balaban J connectivity index is 2.37. The lowest BCUT2D eigenvalue weighted by atomic mass is 10.2. The van der Waals surface area contributed by atoms with Crippen molar-refractivity contribution in [1.29, 1.82) is 5.26 Å². The van der Waals surface area contributed by atoms with Crippen molar-refractivity contribution in [1.82, 2.24) is 0 Å². The second kappa shape index (κ2) is 3.95. The van der Waals surface area contributed by atoms with Crippen molar-refractivity contribution in [2.24, 2.45) is 0 Å². The highest BCUT2D eigenvalue weighted by molar-refractivity contribution is 7.10. The number of hydrogen-bond acceptors (Lipinski definition) is 3. The van der Waals surface area contributed by atoms with Crippen LogP contribution in [0.25, 0.3) is 11.6 Å². The fraction of sp³-hybridized carbons (Fsp3) is 0. The van der Waals surface area contributed by atoms with Gasteiger partial charge in [-0.25, -0.2) is 0 Å². The Bertz CT molecular complexity index is 460. The van der Waals surface area contributed by atoms with E-state index in [4.69, 9.17) is 9.68 Å². The van der Waals surface area contributed by atoms with Gasteiger partial charge in [0.2, 0.25) is 0 Å². The molecule has 0 N–H and O–H groups in total. The highest BCUT2D eigenvalue weighted by atomic mass is 32.1. The zero-order valence-electron chi connectivity index (χ0n) is 7.31. The smallest absolute Gasteiger partial charge is 0.144 e. The van der Waals surface area contributed by atoms with Crippen LogP contribution in [0.4, 0.5) is 0 Å². The highest BCUT2D eigenvalue weighted by Gasteiger charge is 2.03. The molecule has 0 bridgehead atoms. The largest absolute Gasteiger partial charge is 0.464 e. The van der Waals surface area contributed by atoms with Crippen molar-refractivity contribution >= 4 is 23.0 Å². The van der Waals surface area contributed by atoms with Gasteiger partial charge in [0.15, 0.2) is 0 Å². The lowest BCUT2D eigenvalue weighted by Crippen LogP contribution is -1.74. The molecule has 0 aliphatic rings. The first kappa shape index (κ1) is 8.79. The summed E-state index contributed by atoms with van der Waals surface area (Å²) in [4.78, 5) is 1.05. The summed E-state index contributed by atoms with van der Waals surface area (Å²) in [5.74, 6) is 0.612. The molecule has 2 heterocycles. The van der Waals surface area contributed by atoms with E-state index in [2.05, 4.69) is 6.07 Å². The lowest BCUT2D eigenvalue weighted by molar-refractivity contribution is 0.555. The third-order valence-corrected chi connectivity index (χ3v) is 2.56. The maximum atomic E-state index is 8.92. The van der Waals surface area contributed by atoms with Crippen molar-refractivity contribution in [2.45, 2.75) is 0 Å². The predicted octanol–water partition coefficient (Wildman–Crippen LogP) is 3.41. The van der Waals surface area contributed by atoms with E-state index < -0.39 is 0 Å². The van der Waals surface area contributed by atoms with E-state index in [1.54, 1.807) is 29.7 Å². The van der Waals surface area contributed by atoms with Crippen LogP contribution in [-0.2, 0) is 0 Å². The molecule has 0 spiro atoms. The van der Waals surface area contributed by atoms with Crippen molar-refractivity contribution in [3.8, 4) is 6.07 Å². The van der Waals surface area contributed by atoms with Gasteiger partial charge in [0, 0.05) is 4.88 Å². The number of nitrogens with zero attached hydrogens (tertiary/aromatic N) is 1. The van der Waals surface area contributed by atoms with Crippen LogP contribution in [0.2, 0.25) is 0 Å². The molecule has 2 aromatic heterocycles. The van der Waals surface area contributed by atoms with Gasteiger partial charge in [-0.05, 0) is 29.7 Å². The summed E-state index contributed by atoms with van der Waals surface area (Å²) in [5, 5.41) is 10.9. The van der Waals surface area contributed by atoms with Gasteiger partial charge in [0.25, 0.3) is 0 Å². The minimum atomic E-state index is 0.553. The Labute approximate surface area is 85.7 Å². The molecule has 14 heavy (non-hydrogen) atoms. The summed E-state index contributed by atoms with van der Waals surface area (Å²) >= 11 is 1.59. The maximum absolute atomic E-state index is 8.92. The predicted molar refractivity (Wildman–Crippen MR) is 56.5 cm³/mol. The van der Waals surface area contributed by atoms with Crippen LogP contribution in [0, 0.1) is 11.3 Å². The van der Waals surface area contributed by atoms with Crippen molar-refractivity contribution < 1.29 is 4.42 Å². The van der Waals surface area contributed by atoms with Crippen LogP contribution in [0.3, 0.4) is 0 Å². The standard InChI is InChI=1S/C11H7NOS/c12-8-9(11-4-1-5-13-11)7-10-3-2-6-14-10/h1-7H/b9-7-. The molecule has 2 aromatic rings. The quantitative estimate of drug-likeness (QED) is 0.698. The van der Waals surface area contributed by atoms with E-state index >= 15 is 0 Å². The summed E-state index contributed by atoms with van der Waals surface area (Å²) in [5.41, 5.74) is 0.553. The van der Waals surface area contributed by atoms with Gasteiger partial charge in [-0.1, -0.05) is 6.07 Å². The van der Waals surface area contributed by atoms with Crippen LogP contribution in [0.15, 0.2) is 40.3 Å². The van der Waals surface area contributed by atoms with Crippen LogP contribution in [0.5, 0.6) is 0 Å². The summed E-state index contributed by atoms with van der Waals surface area (Å²) in [6.45, 7) is 0. The number of thiophene rings is 1. The summed E-state index contributed by atoms with van der Waals surface area (Å²) in [6.07, 6.45) is 3.39. The molecule has 0 amide bonds. The highest BCUT2D eigenvalue weighted by Crippen LogP contribution is 2.20. The third kappa shape index (κ3) is 1.76. The molecule has 3 heteroatoms. The van der Waals surface area contributed by atoms with Gasteiger partial charge in [0.05, 0.1) is 11.8 Å². The molecule has 0 radical (unpaired) electrons. The monoisotopic (exact) mass is 201 g/mol. The first-order chi connectivity index (χ1) is 6.90. The number of nitriles is 1. The van der Waals surface area contributed by atoms with E-state index in [0.29, 0.717) is 11.3 Å². The lowest BCUT2D eigenvalue weighted by Gasteiger charge is -1.90. The number of furan rings is 1. The van der Waals surface area contributed by atoms with Crippen LogP contribution >= 0.6 is 11.3 Å². The summed E-state index contributed by atoms with van der Waals surface area (Å²) in [6, 6.07) is 9.59. The number of hydrogen-bond donors (Lipinski definition) is 0. The fourth-order valence-corrected chi connectivity index (χ4v) is 1.76. The third-order valence-electron chi connectivity index (χ3n) is 1.74. The van der Waals surface area contributed by atoms with Crippen molar-refractivity contribution in [2.75, 3.05) is 0 Å². The molecule has 0 saturated heterocycles. The molecular formula is C11H7NOS. The number of allylic oxidation sites excluding steroid dienone is 1. The van der Waals surface area contributed by atoms with Gasteiger partial charge in [0.1, 0.15) is 11.8 Å². The number of rotatable bonds is 2. The van der Waals surface area contributed by atoms with Gasteiger partial charge in [-0.15, -0.1) is 11.3 Å². The average Bonchev–Trinajstić information content (AvgIpc) is 2.86. The van der Waals surface area contributed by atoms with Gasteiger partial charge in [-0.2, -0.15) is 5.26 Å². The summed E-state index contributed by atoms with van der Waals surface area (Å²) < 4.78 is 5.15. The van der Waals surface area contributed by atoms with E-state index in [-0.39, 0.29) is 0 Å². The molecule has 0 saturated carbocycles. The molecule has 0 aromatic carbocycles. The van der Waals surface area contributed by atoms with Gasteiger partial charge < -0.3 is 4.42 Å². The molecule has 0 aliphatic carbocycles. The van der Waals surface area contributed by atoms with Gasteiger partial charge >= 0.3 is 0 Å². The average molecular weight is 201 g/mol. The van der Waals surface area contributed by atoms with E-state index in [9.17, 15) is 0 Å². The molecule has 2 rings (SSSR count). The molecule has 0 unspecified atom stereocenters. The molecule has 68 valence electrons. The molecule has 0 fully saturated rings. The topological polar surface area (TPSA) is 36.9 Å². The first-order valence-corrected chi connectivity index (χ1v) is 4.97. The minimum absolute atomic E-state index is 0.553. The molecular weight excluding hydrogens is 194 g/mol. The first-order valence-electron chi connectivity index (χ1n) is 4.09. The Hall–Kier alpha value is -1.79. The zero-order chi connectivity index (χ0) is 9.80. The Morgan fingerprint density at radius 2 is 2.36 bits per heavy atom. The molecule has 0 atom stereocenters. The van der Waals surface area contributed by atoms with E-state index in [1.165, 1.54) is 0 Å². The van der Waals surface area contributed by atoms with Crippen molar-refractivity contribution in [3.63, 3.8) is 0 Å². The zero-order valence-corrected chi connectivity index (χ0v) is 8.12. The van der Waals surface area contributed by atoms with E-state index in [0.717, 1.165) is 4.88 Å². The Morgan fingerprint density at radius 3 is 2.93 bits per heavy atom. The fourth-order valence-electron chi connectivity index (χ4n) is 1.11. The Kier molecular flexibility index (Phi) is 2.48. The van der Waals surface area contributed by atoms with Gasteiger partial charge in [-0.3, -0.25) is 0 Å². The maximum Gasteiger partial charge on any atom is 0.144 e. The van der Waals surface area contributed by atoms with Crippen LogP contribution in [-0.4, -0.2) is 0 Å². The molecule has 0 aliphatic heterocycles. The SMILES string of the molecule is N#C/C(=C/c1cccs1)c1ccco1. The van der Waals surface area contributed by atoms with E-state index in [1.807, 2.05) is 23.6 Å². The second-order valence-electron chi connectivity index (χ2n) is 2.66. The summed E-state index contributed by atoms with van der Waals surface area (Å²) in [7, 11) is 0.